The Labute approximate surface area is 79.1 Å². The maximum absolute atomic E-state index is 11.0. The van der Waals surface area contributed by atoms with Crippen molar-refractivity contribution in [1.29, 1.82) is 0 Å². The Kier molecular flexibility index (Phi) is 1.84. The molecule has 0 aliphatic carbocycles. The molecule has 2 heterocycles. The molecule has 0 bridgehead atoms. The summed E-state index contributed by atoms with van der Waals surface area (Å²) in [7, 11) is 0. The zero-order chi connectivity index (χ0) is 9.42. The van der Waals surface area contributed by atoms with Gasteiger partial charge >= 0.3 is 0 Å². The highest BCUT2D eigenvalue weighted by Crippen LogP contribution is 2.31. The standard InChI is InChI=1S/C7H8N4OS/c1-3-5-6(11-7(8)9-3)13-2-4(12)10-5/h2H2,1H3,(H,10,12)(H2,8,9,11). The lowest BCUT2D eigenvalue weighted by Gasteiger charge is -2.16. The van der Waals surface area contributed by atoms with Crippen LogP contribution in [0.5, 0.6) is 0 Å². The summed E-state index contributed by atoms with van der Waals surface area (Å²) >= 11 is 1.38. The average molecular weight is 196 g/mol. The van der Waals surface area contributed by atoms with Crippen LogP contribution in [0.25, 0.3) is 0 Å². The summed E-state index contributed by atoms with van der Waals surface area (Å²) in [6.45, 7) is 1.79. The van der Waals surface area contributed by atoms with Crippen LogP contribution in [0.2, 0.25) is 0 Å². The number of nitrogen functional groups attached to an aromatic ring is 1. The number of hydrogen-bond acceptors (Lipinski definition) is 5. The molecule has 5 nitrogen and oxygen atoms in total. The highest BCUT2D eigenvalue weighted by molar-refractivity contribution is 8.00. The first-order valence-corrected chi connectivity index (χ1v) is 4.72. The molecule has 6 heteroatoms. The lowest BCUT2D eigenvalue weighted by Crippen LogP contribution is -2.21. The number of fused-ring (bicyclic) bond motifs is 1. The van der Waals surface area contributed by atoms with Crippen molar-refractivity contribution < 1.29 is 4.79 Å². The van der Waals surface area contributed by atoms with Gasteiger partial charge in [-0.05, 0) is 6.92 Å². The molecule has 2 rings (SSSR count). The lowest BCUT2D eigenvalue weighted by molar-refractivity contribution is -0.113. The average Bonchev–Trinajstić information content (AvgIpc) is 2.06. The van der Waals surface area contributed by atoms with E-state index in [9.17, 15) is 4.79 Å². The normalized spacial score (nSPS) is 15.0. The van der Waals surface area contributed by atoms with Crippen molar-refractivity contribution in [3.8, 4) is 0 Å². The SMILES string of the molecule is Cc1nc(N)nc2c1NC(=O)CS2. The first kappa shape index (κ1) is 8.31. The minimum atomic E-state index is -0.0195. The van der Waals surface area contributed by atoms with Gasteiger partial charge in [-0.2, -0.15) is 0 Å². The quantitative estimate of drug-likeness (QED) is 0.587. The summed E-state index contributed by atoms with van der Waals surface area (Å²) in [6.07, 6.45) is 0. The third-order valence-corrected chi connectivity index (χ3v) is 2.65. The van der Waals surface area contributed by atoms with Gasteiger partial charge in [0.25, 0.3) is 0 Å². The smallest absolute Gasteiger partial charge is 0.234 e. The van der Waals surface area contributed by atoms with Gasteiger partial charge in [0.1, 0.15) is 5.03 Å². The third-order valence-electron chi connectivity index (χ3n) is 1.68. The predicted octanol–water partition coefficient (Wildman–Crippen LogP) is 0.411. The van der Waals surface area contributed by atoms with E-state index in [0.29, 0.717) is 17.1 Å². The van der Waals surface area contributed by atoms with Crippen LogP contribution >= 0.6 is 11.8 Å². The van der Waals surface area contributed by atoms with Gasteiger partial charge in [-0.15, -0.1) is 0 Å². The van der Waals surface area contributed by atoms with Gasteiger partial charge in [0.05, 0.1) is 17.1 Å². The van der Waals surface area contributed by atoms with Crippen molar-refractivity contribution in [2.24, 2.45) is 0 Å². The predicted molar refractivity (Wildman–Crippen MR) is 50.5 cm³/mol. The highest BCUT2D eigenvalue weighted by Gasteiger charge is 2.19. The van der Waals surface area contributed by atoms with E-state index < -0.39 is 0 Å². The van der Waals surface area contributed by atoms with Gasteiger partial charge in [0.2, 0.25) is 11.9 Å². The van der Waals surface area contributed by atoms with Crippen molar-refractivity contribution >= 4 is 29.3 Å². The van der Waals surface area contributed by atoms with Crippen LogP contribution in [-0.2, 0) is 4.79 Å². The largest absolute Gasteiger partial charge is 0.368 e. The van der Waals surface area contributed by atoms with Crippen LogP contribution in [0, 0.1) is 6.92 Å². The first-order valence-electron chi connectivity index (χ1n) is 3.73. The van der Waals surface area contributed by atoms with Crippen molar-refractivity contribution in [1.82, 2.24) is 9.97 Å². The van der Waals surface area contributed by atoms with Gasteiger partial charge in [-0.1, -0.05) is 11.8 Å². The molecule has 0 atom stereocenters. The lowest BCUT2D eigenvalue weighted by atomic mass is 10.3. The fourth-order valence-electron chi connectivity index (χ4n) is 1.13. The second-order valence-electron chi connectivity index (χ2n) is 2.68. The van der Waals surface area contributed by atoms with Crippen LogP contribution in [0.4, 0.5) is 11.6 Å². The minimum absolute atomic E-state index is 0.0195. The summed E-state index contributed by atoms with van der Waals surface area (Å²) in [6, 6.07) is 0. The fourth-order valence-corrected chi connectivity index (χ4v) is 1.97. The number of nitrogens with zero attached hydrogens (tertiary/aromatic N) is 2. The third kappa shape index (κ3) is 1.44. The molecule has 1 aliphatic heterocycles. The summed E-state index contributed by atoms with van der Waals surface area (Å²) in [4.78, 5) is 19.0. The van der Waals surface area contributed by atoms with Crippen LogP contribution in [0.15, 0.2) is 5.03 Å². The Morgan fingerprint density at radius 1 is 1.54 bits per heavy atom. The van der Waals surface area contributed by atoms with Crippen LogP contribution < -0.4 is 11.1 Å². The Morgan fingerprint density at radius 2 is 2.31 bits per heavy atom. The number of anilines is 2. The number of rotatable bonds is 0. The summed E-state index contributed by atoms with van der Waals surface area (Å²) in [5, 5.41) is 3.47. The van der Waals surface area contributed by atoms with E-state index in [1.807, 2.05) is 0 Å². The van der Waals surface area contributed by atoms with Gasteiger partial charge in [0.15, 0.2) is 0 Å². The number of aromatic nitrogens is 2. The minimum Gasteiger partial charge on any atom is -0.368 e. The second kappa shape index (κ2) is 2.88. The van der Waals surface area contributed by atoms with Crippen molar-refractivity contribution in [2.75, 3.05) is 16.8 Å². The number of nitrogens with one attached hydrogen (secondary N) is 1. The number of hydrogen-bond donors (Lipinski definition) is 2. The van der Waals surface area contributed by atoms with Crippen LogP contribution in [-0.4, -0.2) is 21.6 Å². The van der Waals surface area contributed by atoms with Gasteiger partial charge < -0.3 is 11.1 Å². The summed E-state index contributed by atoms with van der Waals surface area (Å²) in [5.41, 5.74) is 6.87. The van der Waals surface area contributed by atoms with Gasteiger partial charge in [0, 0.05) is 0 Å². The van der Waals surface area contributed by atoms with Gasteiger partial charge in [-0.25, -0.2) is 9.97 Å². The van der Waals surface area contributed by atoms with Crippen LogP contribution in [0.1, 0.15) is 5.69 Å². The number of carbonyl (C=O) groups excluding carboxylic acids is 1. The Bertz CT molecular complexity index is 379. The molecular weight excluding hydrogens is 188 g/mol. The Morgan fingerprint density at radius 3 is 3.08 bits per heavy atom. The molecule has 3 N–H and O–H groups in total. The topological polar surface area (TPSA) is 80.9 Å². The number of amides is 1. The zero-order valence-corrected chi connectivity index (χ0v) is 7.81. The summed E-state index contributed by atoms with van der Waals surface area (Å²) in [5.74, 6) is 0.622. The molecule has 1 amide bonds. The van der Waals surface area contributed by atoms with E-state index in [0.717, 1.165) is 5.03 Å². The van der Waals surface area contributed by atoms with Crippen molar-refractivity contribution in [2.45, 2.75) is 11.9 Å². The zero-order valence-electron chi connectivity index (χ0n) is 7.00. The molecule has 0 aromatic carbocycles. The maximum atomic E-state index is 11.0. The molecule has 0 unspecified atom stereocenters. The molecule has 0 saturated heterocycles. The fraction of sp³-hybridized carbons (Fsp3) is 0.286. The molecule has 0 saturated carbocycles. The monoisotopic (exact) mass is 196 g/mol. The highest BCUT2D eigenvalue weighted by atomic mass is 32.2. The maximum Gasteiger partial charge on any atom is 0.234 e. The van der Waals surface area contributed by atoms with Crippen LogP contribution in [0.3, 0.4) is 0 Å². The van der Waals surface area contributed by atoms with E-state index in [1.165, 1.54) is 11.8 Å². The molecule has 0 radical (unpaired) electrons. The van der Waals surface area contributed by atoms with Crippen molar-refractivity contribution in [3.05, 3.63) is 5.69 Å². The number of carbonyl (C=O) groups is 1. The van der Waals surface area contributed by atoms with E-state index in [1.54, 1.807) is 6.92 Å². The number of thioether (sulfide) groups is 1. The van der Waals surface area contributed by atoms with E-state index in [4.69, 9.17) is 5.73 Å². The van der Waals surface area contributed by atoms with E-state index >= 15 is 0 Å². The summed E-state index contributed by atoms with van der Waals surface area (Å²) < 4.78 is 0. The number of aryl methyl sites for hydroxylation is 1. The molecule has 1 aliphatic rings. The molecule has 1 aromatic rings. The molecule has 1 aromatic heterocycles. The van der Waals surface area contributed by atoms with Crippen molar-refractivity contribution in [3.63, 3.8) is 0 Å². The molecule has 0 spiro atoms. The van der Waals surface area contributed by atoms with E-state index in [-0.39, 0.29) is 11.9 Å². The second-order valence-corrected chi connectivity index (χ2v) is 3.65. The van der Waals surface area contributed by atoms with E-state index in [2.05, 4.69) is 15.3 Å². The first-order chi connectivity index (χ1) is 6.16. The molecule has 13 heavy (non-hydrogen) atoms. The molecular formula is C7H8N4OS. The van der Waals surface area contributed by atoms with Gasteiger partial charge in [-0.3, -0.25) is 4.79 Å². The molecule has 0 fully saturated rings. The molecule has 68 valence electrons. The Balaban J connectivity index is 2.53. The Hall–Kier alpha value is -1.30. The number of nitrogens with two attached hydrogens (primary N) is 1.